The number of piperazine rings is 1. The first-order valence-electron chi connectivity index (χ1n) is 12.9. The number of nitrogens with zero attached hydrogens (tertiary/aromatic N) is 7. The third-order valence-corrected chi connectivity index (χ3v) is 8.06. The van der Waals surface area contributed by atoms with Crippen LogP contribution in [0.25, 0.3) is 11.0 Å². The number of hydrogen-bond donors (Lipinski definition) is 2. The molecule has 5 rings (SSSR count). The monoisotopic (exact) mass is 550 g/mol. The zero-order chi connectivity index (χ0) is 27.6. The van der Waals surface area contributed by atoms with Crippen molar-refractivity contribution in [2.24, 2.45) is 0 Å². The minimum absolute atomic E-state index is 0.305. The number of fused-ring (bicyclic) bond motifs is 1. The number of nitrogens with one attached hydrogen (secondary N) is 1. The Kier molecular flexibility index (Phi) is 7.69. The first kappa shape index (κ1) is 26.9. The van der Waals surface area contributed by atoms with Gasteiger partial charge in [-0.2, -0.15) is 4.98 Å². The van der Waals surface area contributed by atoms with E-state index in [0.29, 0.717) is 24.9 Å². The second-order valence-electron chi connectivity index (χ2n) is 9.94. The Balaban J connectivity index is 1.29. The fraction of sp³-hybridized carbons (Fsp3) is 0.370. The maximum atomic E-state index is 12.1. The highest BCUT2D eigenvalue weighted by Crippen LogP contribution is 2.24. The van der Waals surface area contributed by atoms with Crippen LogP contribution >= 0.6 is 0 Å². The van der Waals surface area contributed by atoms with Gasteiger partial charge >= 0.3 is 0 Å². The van der Waals surface area contributed by atoms with Crippen molar-refractivity contribution in [3.8, 4) is 0 Å². The lowest BCUT2D eigenvalue weighted by molar-refractivity contribution is 0.123. The maximum Gasteiger partial charge on any atom is 0.233 e. The minimum Gasteiger partial charge on any atom is -0.392 e. The van der Waals surface area contributed by atoms with Crippen molar-refractivity contribution in [3.05, 3.63) is 66.6 Å². The molecule has 3 aromatic heterocycles. The van der Waals surface area contributed by atoms with Gasteiger partial charge in [0.15, 0.2) is 0 Å². The Morgan fingerprint density at radius 1 is 1.08 bits per heavy atom. The lowest BCUT2D eigenvalue weighted by Gasteiger charge is -2.36. The number of sulfonamides is 1. The summed E-state index contributed by atoms with van der Waals surface area (Å²) in [5.41, 5.74) is 3.54. The van der Waals surface area contributed by atoms with E-state index in [9.17, 15) is 13.5 Å². The SMILES string of the molecule is CC(O)CN1CCN(c2ccc(Nc3ncc4ccn(Cc5cccnc5N(C)S(C)(=O)=O)c4n3)cc2)CC1. The van der Waals surface area contributed by atoms with Crippen molar-refractivity contribution < 1.29 is 13.5 Å². The van der Waals surface area contributed by atoms with E-state index >= 15 is 0 Å². The predicted molar refractivity (Wildman–Crippen MR) is 154 cm³/mol. The number of hydrogen-bond acceptors (Lipinski definition) is 9. The van der Waals surface area contributed by atoms with Crippen molar-refractivity contribution in [2.75, 3.05) is 60.5 Å². The zero-order valence-corrected chi connectivity index (χ0v) is 23.2. The van der Waals surface area contributed by atoms with Gasteiger partial charge in [0.05, 0.1) is 18.9 Å². The molecule has 0 spiro atoms. The quantitative estimate of drug-likeness (QED) is 0.324. The zero-order valence-electron chi connectivity index (χ0n) is 22.4. The number of rotatable bonds is 9. The van der Waals surface area contributed by atoms with E-state index in [1.165, 1.54) is 11.4 Å². The fourth-order valence-corrected chi connectivity index (χ4v) is 5.26. The Morgan fingerprint density at radius 3 is 2.51 bits per heavy atom. The van der Waals surface area contributed by atoms with Crippen LogP contribution in [0, 0.1) is 0 Å². The van der Waals surface area contributed by atoms with Crippen molar-refractivity contribution in [1.29, 1.82) is 0 Å². The summed E-state index contributed by atoms with van der Waals surface area (Å²) in [7, 11) is -1.94. The van der Waals surface area contributed by atoms with Gasteiger partial charge in [-0.1, -0.05) is 6.07 Å². The standard InChI is InChI=1S/C27H34N8O3S/c1-20(36)18-33-13-15-34(16-14-33)24-8-6-23(7-9-24)30-27-29-17-21-10-12-35(26(21)31-27)19-22-5-4-11-28-25(22)32(2)39(3,37)38/h4-12,17,20,36H,13-16,18-19H2,1-3H3,(H,29,30,31). The maximum absolute atomic E-state index is 12.1. The number of β-amino-alcohol motifs (C(OH)–C–C–N with tert-alkyl or cyclic N) is 1. The molecule has 4 heterocycles. The predicted octanol–water partition coefficient (Wildman–Crippen LogP) is 2.52. The van der Waals surface area contributed by atoms with Gasteiger partial charge in [0.25, 0.3) is 0 Å². The van der Waals surface area contributed by atoms with Gasteiger partial charge in [-0.3, -0.25) is 9.21 Å². The molecule has 0 aliphatic carbocycles. The van der Waals surface area contributed by atoms with E-state index in [2.05, 4.69) is 37.2 Å². The van der Waals surface area contributed by atoms with E-state index in [1.807, 2.05) is 42.0 Å². The van der Waals surface area contributed by atoms with Crippen LogP contribution in [0.2, 0.25) is 0 Å². The first-order valence-corrected chi connectivity index (χ1v) is 14.7. The summed E-state index contributed by atoms with van der Waals surface area (Å²) in [6.07, 6.45) is 6.13. The summed E-state index contributed by atoms with van der Waals surface area (Å²) < 4.78 is 27.4. The van der Waals surface area contributed by atoms with Crippen molar-refractivity contribution in [2.45, 2.75) is 19.6 Å². The van der Waals surface area contributed by atoms with Gasteiger partial charge in [-0.15, -0.1) is 0 Å². The molecule has 4 aromatic rings. The van der Waals surface area contributed by atoms with E-state index in [1.54, 1.807) is 18.5 Å². The van der Waals surface area contributed by atoms with Gasteiger partial charge in [0.2, 0.25) is 16.0 Å². The second kappa shape index (κ2) is 11.2. The van der Waals surface area contributed by atoms with E-state index in [-0.39, 0.29) is 6.10 Å². The molecule has 0 amide bonds. The molecule has 1 unspecified atom stereocenters. The topological polar surface area (TPSA) is 120 Å². The van der Waals surface area contributed by atoms with Crippen LogP contribution < -0.4 is 14.5 Å². The highest BCUT2D eigenvalue weighted by molar-refractivity contribution is 7.92. The summed E-state index contributed by atoms with van der Waals surface area (Å²) >= 11 is 0. The van der Waals surface area contributed by atoms with E-state index in [0.717, 1.165) is 60.4 Å². The molecule has 1 fully saturated rings. The highest BCUT2D eigenvalue weighted by Gasteiger charge is 2.19. The molecule has 1 aliphatic heterocycles. The molecular formula is C27H34N8O3S. The smallest absolute Gasteiger partial charge is 0.233 e. The Bertz CT molecular complexity index is 1530. The van der Waals surface area contributed by atoms with Gasteiger partial charge in [-0.05, 0) is 43.3 Å². The Labute approximate surface area is 228 Å². The number of aliphatic hydroxyl groups excluding tert-OH is 1. The van der Waals surface area contributed by atoms with Gasteiger partial charge in [0.1, 0.15) is 11.5 Å². The minimum atomic E-state index is -3.45. The van der Waals surface area contributed by atoms with Crippen molar-refractivity contribution in [3.63, 3.8) is 0 Å². The summed E-state index contributed by atoms with van der Waals surface area (Å²) in [4.78, 5) is 18.2. The summed E-state index contributed by atoms with van der Waals surface area (Å²) in [6, 6.07) is 13.8. The number of anilines is 4. The normalized spacial score (nSPS) is 15.4. The van der Waals surface area contributed by atoms with Crippen LogP contribution in [0.4, 0.5) is 23.1 Å². The molecule has 1 atom stereocenters. The van der Waals surface area contributed by atoms with Crippen LogP contribution in [0.15, 0.2) is 61.1 Å². The second-order valence-corrected chi connectivity index (χ2v) is 12.0. The lowest BCUT2D eigenvalue weighted by Crippen LogP contribution is -2.48. The molecule has 1 aromatic carbocycles. The molecule has 12 heteroatoms. The van der Waals surface area contributed by atoms with E-state index < -0.39 is 10.0 Å². The Hall–Kier alpha value is -3.74. The summed E-state index contributed by atoms with van der Waals surface area (Å²) in [5.74, 6) is 0.861. The van der Waals surface area contributed by atoms with E-state index in [4.69, 9.17) is 4.98 Å². The average molecular weight is 551 g/mol. The molecule has 0 saturated carbocycles. The van der Waals surface area contributed by atoms with Crippen LogP contribution in [0.5, 0.6) is 0 Å². The molecule has 0 bridgehead atoms. The fourth-order valence-electron chi connectivity index (χ4n) is 4.78. The molecule has 2 N–H and O–H groups in total. The largest absolute Gasteiger partial charge is 0.392 e. The molecule has 206 valence electrons. The van der Waals surface area contributed by atoms with Crippen molar-refractivity contribution >= 4 is 44.2 Å². The Morgan fingerprint density at radius 2 is 1.82 bits per heavy atom. The number of benzene rings is 1. The summed E-state index contributed by atoms with van der Waals surface area (Å²) in [6.45, 7) is 6.67. The number of pyridine rings is 1. The van der Waals surface area contributed by atoms with Crippen LogP contribution in [0.1, 0.15) is 12.5 Å². The van der Waals surface area contributed by atoms with Gasteiger partial charge in [0, 0.05) is 80.7 Å². The molecule has 11 nitrogen and oxygen atoms in total. The molecule has 0 radical (unpaired) electrons. The first-order chi connectivity index (χ1) is 18.7. The third kappa shape index (κ3) is 6.29. The van der Waals surface area contributed by atoms with Crippen LogP contribution in [-0.2, 0) is 16.6 Å². The third-order valence-electron chi connectivity index (χ3n) is 6.89. The van der Waals surface area contributed by atoms with Crippen LogP contribution in [-0.4, -0.2) is 90.1 Å². The molecule has 1 aliphatic rings. The molecular weight excluding hydrogens is 516 g/mol. The average Bonchev–Trinajstić information content (AvgIpc) is 3.30. The van der Waals surface area contributed by atoms with Crippen LogP contribution in [0.3, 0.4) is 0 Å². The highest BCUT2D eigenvalue weighted by atomic mass is 32.2. The molecule has 39 heavy (non-hydrogen) atoms. The summed E-state index contributed by atoms with van der Waals surface area (Å²) in [5, 5.41) is 13.8. The molecule has 1 saturated heterocycles. The van der Waals surface area contributed by atoms with Crippen molar-refractivity contribution in [1.82, 2.24) is 24.4 Å². The number of aromatic nitrogens is 4. The number of aliphatic hydroxyl groups is 1. The lowest BCUT2D eigenvalue weighted by atomic mass is 10.2. The van der Waals surface area contributed by atoms with Gasteiger partial charge < -0.3 is 19.9 Å². The van der Waals surface area contributed by atoms with Gasteiger partial charge in [-0.25, -0.2) is 18.4 Å².